The monoisotopic (exact) mass is 427 g/mol. The molecule has 0 saturated heterocycles. The van der Waals surface area contributed by atoms with E-state index in [2.05, 4.69) is 25.4 Å². The maximum Gasteiger partial charge on any atom is 0.273 e. The lowest BCUT2D eigenvalue weighted by atomic mass is 9.99. The summed E-state index contributed by atoms with van der Waals surface area (Å²) >= 11 is 0. The number of benzene rings is 2. The lowest BCUT2D eigenvalue weighted by Crippen LogP contribution is -2.10. The minimum absolute atomic E-state index is 0.319. The standard InChI is InChI=1S/C23H24F3N.C4H8/c1-6-8-19-18(15(2)3)9-7-10-22(19)27-16(4)13-17-11-12-20(21(24)14-17)23(5,25)26;1-4-2-3-4/h6-12,14,27H,2,4,13H2,1,3,5H3;4H,2-3H2,1H3/b8-6-;. The molecule has 1 saturated carbocycles. The van der Waals surface area contributed by atoms with Crippen LogP contribution in [0.3, 0.4) is 0 Å². The van der Waals surface area contributed by atoms with Gasteiger partial charge in [0, 0.05) is 30.3 Å². The second-order valence-electron chi connectivity index (χ2n) is 8.34. The van der Waals surface area contributed by atoms with Crippen LogP contribution in [0.25, 0.3) is 11.6 Å². The van der Waals surface area contributed by atoms with Gasteiger partial charge in [0.05, 0.1) is 5.56 Å². The lowest BCUT2D eigenvalue weighted by Gasteiger charge is -2.16. The number of hydrogen-bond acceptors (Lipinski definition) is 1. The molecule has 0 bridgehead atoms. The summed E-state index contributed by atoms with van der Waals surface area (Å²) in [6.45, 7) is 14.8. The number of halogens is 3. The number of anilines is 1. The van der Waals surface area contributed by atoms with Crippen molar-refractivity contribution in [2.45, 2.75) is 52.9 Å². The van der Waals surface area contributed by atoms with Crippen LogP contribution in [0.4, 0.5) is 18.9 Å². The smallest absolute Gasteiger partial charge is 0.273 e. The molecule has 0 aromatic heterocycles. The molecule has 3 rings (SSSR count). The van der Waals surface area contributed by atoms with Gasteiger partial charge in [0.1, 0.15) is 5.82 Å². The van der Waals surface area contributed by atoms with Crippen molar-refractivity contribution in [2.24, 2.45) is 5.92 Å². The third-order valence-electron chi connectivity index (χ3n) is 5.00. The Bertz CT molecular complexity index is 963. The van der Waals surface area contributed by atoms with Crippen molar-refractivity contribution < 1.29 is 13.2 Å². The Morgan fingerprint density at radius 1 is 1.19 bits per heavy atom. The SMILES string of the molecule is C=C(Cc1ccc(C(C)(F)F)c(F)c1)Nc1cccc(C(=C)C)c1/C=C\C.CC1CC1. The molecule has 2 aromatic rings. The molecule has 166 valence electrons. The normalized spacial score (nSPS) is 13.5. The maximum atomic E-state index is 14.0. The second-order valence-corrected chi connectivity index (χ2v) is 8.34. The van der Waals surface area contributed by atoms with Gasteiger partial charge in [-0.25, -0.2) is 13.2 Å². The van der Waals surface area contributed by atoms with Crippen LogP contribution < -0.4 is 5.32 Å². The first-order chi connectivity index (χ1) is 14.5. The van der Waals surface area contributed by atoms with Crippen molar-refractivity contribution in [1.82, 2.24) is 0 Å². The van der Waals surface area contributed by atoms with Gasteiger partial charge >= 0.3 is 0 Å². The third-order valence-corrected chi connectivity index (χ3v) is 5.00. The van der Waals surface area contributed by atoms with Crippen molar-refractivity contribution in [3.8, 4) is 0 Å². The van der Waals surface area contributed by atoms with Crippen LogP contribution in [0.15, 0.2) is 61.3 Å². The Morgan fingerprint density at radius 3 is 2.32 bits per heavy atom. The van der Waals surface area contributed by atoms with Gasteiger partial charge in [-0.2, -0.15) is 0 Å². The molecule has 31 heavy (non-hydrogen) atoms. The molecule has 2 aromatic carbocycles. The van der Waals surface area contributed by atoms with Crippen LogP contribution in [0.1, 0.15) is 62.8 Å². The summed E-state index contributed by atoms with van der Waals surface area (Å²) in [5.41, 5.74) is 4.41. The molecule has 0 unspecified atom stereocenters. The Hall–Kier alpha value is -2.75. The van der Waals surface area contributed by atoms with E-state index in [0.29, 0.717) is 24.6 Å². The molecule has 0 spiro atoms. The minimum Gasteiger partial charge on any atom is -0.359 e. The van der Waals surface area contributed by atoms with Crippen molar-refractivity contribution in [3.63, 3.8) is 0 Å². The van der Waals surface area contributed by atoms with E-state index in [1.54, 1.807) is 0 Å². The average molecular weight is 428 g/mol. The zero-order valence-electron chi connectivity index (χ0n) is 18.9. The fourth-order valence-electron chi connectivity index (χ4n) is 3.06. The van der Waals surface area contributed by atoms with Crippen LogP contribution in [0.2, 0.25) is 0 Å². The average Bonchev–Trinajstić information content (AvgIpc) is 3.44. The predicted octanol–water partition coefficient (Wildman–Crippen LogP) is 8.59. The number of hydrogen-bond donors (Lipinski definition) is 1. The number of allylic oxidation sites excluding steroid dienone is 3. The molecule has 0 radical (unpaired) electrons. The second kappa shape index (κ2) is 10.5. The lowest BCUT2D eigenvalue weighted by molar-refractivity contribution is 0.0137. The molecule has 0 heterocycles. The Labute approximate surface area is 184 Å². The molecule has 0 atom stereocenters. The van der Waals surface area contributed by atoms with E-state index in [9.17, 15) is 13.2 Å². The summed E-state index contributed by atoms with van der Waals surface area (Å²) in [4.78, 5) is 0. The molecular formula is C27H32F3N. The summed E-state index contributed by atoms with van der Waals surface area (Å²) in [6, 6.07) is 9.60. The Kier molecular flexibility index (Phi) is 8.32. The van der Waals surface area contributed by atoms with E-state index in [1.165, 1.54) is 18.9 Å². The highest BCUT2D eigenvalue weighted by molar-refractivity contribution is 5.80. The van der Waals surface area contributed by atoms with Crippen LogP contribution in [-0.2, 0) is 12.3 Å². The summed E-state index contributed by atoms with van der Waals surface area (Å²) in [5, 5.41) is 3.25. The summed E-state index contributed by atoms with van der Waals surface area (Å²) in [7, 11) is 0. The van der Waals surface area contributed by atoms with E-state index in [1.807, 2.05) is 44.2 Å². The Balaban J connectivity index is 0.000000762. The number of rotatable bonds is 7. The van der Waals surface area contributed by atoms with Gasteiger partial charge in [-0.05, 0) is 49.1 Å². The van der Waals surface area contributed by atoms with Crippen LogP contribution in [0, 0.1) is 11.7 Å². The predicted molar refractivity (Wildman–Crippen MR) is 127 cm³/mol. The molecule has 1 fully saturated rings. The van der Waals surface area contributed by atoms with E-state index in [4.69, 9.17) is 0 Å². The minimum atomic E-state index is -3.21. The van der Waals surface area contributed by atoms with Crippen molar-refractivity contribution in [3.05, 3.63) is 89.4 Å². The van der Waals surface area contributed by atoms with Crippen molar-refractivity contribution >= 4 is 17.3 Å². The Morgan fingerprint density at radius 2 is 1.84 bits per heavy atom. The van der Waals surface area contributed by atoms with Gasteiger partial charge in [-0.15, -0.1) is 0 Å². The van der Waals surface area contributed by atoms with E-state index in [-0.39, 0.29) is 0 Å². The first kappa shape index (κ1) is 24.5. The van der Waals surface area contributed by atoms with Gasteiger partial charge in [0.2, 0.25) is 0 Å². The van der Waals surface area contributed by atoms with Gasteiger partial charge in [-0.3, -0.25) is 0 Å². The van der Waals surface area contributed by atoms with E-state index in [0.717, 1.165) is 40.4 Å². The van der Waals surface area contributed by atoms with Gasteiger partial charge in [0.15, 0.2) is 0 Å². The first-order valence-electron chi connectivity index (χ1n) is 10.6. The summed E-state index contributed by atoms with van der Waals surface area (Å²) < 4.78 is 40.6. The van der Waals surface area contributed by atoms with Crippen LogP contribution in [0.5, 0.6) is 0 Å². The van der Waals surface area contributed by atoms with E-state index < -0.39 is 17.3 Å². The van der Waals surface area contributed by atoms with Gasteiger partial charge < -0.3 is 5.32 Å². The highest BCUT2D eigenvalue weighted by Crippen LogP contribution is 2.31. The molecule has 1 aliphatic rings. The molecule has 1 aliphatic carbocycles. The highest BCUT2D eigenvalue weighted by atomic mass is 19.3. The topological polar surface area (TPSA) is 12.0 Å². The number of alkyl halides is 2. The number of nitrogens with one attached hydrogen (secondary N) is 1. The van der Waals surface area contributed by atoms with Gasteiger partial charge in [0.25, 0.3) is 5.92 Å². The molecule has 1 N–H and O–H groups in total. The third kappa shape index (κ3) is 7.46. The highest BCUT2D eigenvalue weighted by Gasteiger charge is 2.28. The molecule has 0 amide bonds. The van der Waals surface area contributed by atoms with Crippen LogP contribution >= 0.6 is 0 Å². The summed E-state index contributed by atoms with van der Waals surface area (Å²) in [5.74, 6) is -3.03. The van der Waals surface area contributed by atoms with E-state index >= 15 is 0 Å². The van der Waals surface area contributed by atoms with Gasteiger partial charge in [-0.1, -0.05) is 68.8 Å². The zero-order chi connectivity index (χ0) is 23.2. The largest absolute Gasteiger partial charge is 0.359 e. The molecule has 1 nitrogen and oxygen atoms in total. The molecule has 0 aliphatic heterocycles. The fraction of sp³-hybridized carbons (Fsp3) is 0.333. The molecule has 4 heteroatoms. The summed E-state index contributed by atoms with van der Waals surface area (Å²) in [6.07, 6.45) is 7.21. The fourth-order valence-corrected chi connectivity index (χ4v) is 3.06. The first-order valence-corrected chi connectivity index (χ1v) is 10.6. The van der Waals surface area contributed by atoms with Crippen LogP contribution in [-0.4, -0.2) is 0 Å². The van der Waals surface area contributed by atoms with Crippen molar-refractivity contribution in [1.29, 1.82) is 0 Å². The molecular weight excluding hydrogens is 395 g/mol. The van der Waals surface area contributed by atoms with Crippen molar-refractivity contribution in [2.75, 3.05) is 5.32 Å². The maximum absolute atomic E-state index is 14.0. The quantitative estimate of drug-likeness (QED) is 0.466. The zero-order valence-corrected chi connectivity index (χ0v) is 18.9.